The van der Waals surface area contributed by atoms with Gasteiger partial charge >= 0.3 is 0 Å². The maximum absolute atomic E-state index is 12.6. The third kappa shape index (κ3) is 5.56. The van der Waals surface area contributed by atoms with E-state index in [0.29, 0.717) is 17.0 Å². The first kappa shape index (κ1) is 21.4. The Morgan fingerprint density at radius 2 is 1.54 bits per heavy atom. The molecule has 0 saturated carbocycles. The third-order valence-electron chi connectivity index (χ3n) is 4.30. The fraction of sp³-hybridized carbons (Fsp3) is 0.333. The summed E-state index contributed by atoms with van der Waals surface area (Å²) >= 11 is 0. The van der Waals surface area contributed by atoms with Gasteiger partial charge in [0.25, 0.3) is 5.91 Å². The molecule has 0 saturated heterocycles. The number of ketones is 1. The van der Waals surface area contributed by atoms with Crippen molar-refractivity contribution in [3.05, 3.63) is 70.8 Å². The van der Waals surface area contributed by atoms with Gasteiger partial charge in [0.2, 0.25) is 0 Å². The SMILES string of the molecule is CC(C)Oc1ccc(C(C)C)cc1C=CC(=O)c1ccc(C(=O)N(C)C)cc1. The van der Waals surface area contributed by atoms with E-state index in [0.717, 1.165) is 11.3 Å². The van der Waals surface area contributed by atoms with Gasteiger partial charge in [0.15, 0.2) is 5.78 Å². The summed E-state index contributed by atoms with van der Waals surface area (Å²) in [5.74, 6) is 0.943. The van der Waals surface area contributed by atoms with Crippen molar-refractivity contribution < 1.29 is 14.3 Å². The zero-order valence-electron chi connectivity index (χ0n) is 17.5. The monoisotopic (exact) mass is 379 g/mol. The van der Waals surface area contributed by atoms with Gasteiger partial charge in [-0.15, -0.1) is 0 Å². The normalized spacial score (nSPS) is 11.3. The van der Waals surface area contributed by atoms with Crippen LogP contribution in [-0.4, -0.2) is 36.8 Å². The highest BCUT2D eigenvalue weighted by molar-refractivity contribution is 6.07. The smallest absolute Gasteiger partial charge is 0.253 e. The summed E-state index contributed by atoms with van der Waals surface area (Å²) in [5.41, 5.74) is 3.17. The Morgan fingerprint density at radius 1 is 0.929 bits per heavy atom. The third-order valence-corrected chi connectivity index (χ3v) is 4.30. The maximum atomic E-state index is 12.6. The van der Waals surface area contributed by atoms with Gasteiger partial charge in [0, 0.05) is 30.8 Å². The Morgan fingerprint density at radius 3 is 2.07 bits per heavy atom. The number of carbonyl (C=O) groups is 2. The molecule has 0 fully saturated rings. The Kier molecular flexibility index (Phi) is 7.16. The lowest BCUT2D eigenvalue weighted by Crippen LogP contribution is -2.21. The number of hydrogen-bond acceptors (Lipinski definition) is 3. The lowest BCUT2D eigenvalue weighted by Gasteiger charge is -2.15. The first-order valence-electron chi connectivity index (χ1n) is 9.53. The first-order valence-corrected chi connectivity index (χ1v) is 9.53. The van der Waals surface area contributed by atoms with Crippen molar-refractivity contribution in [3.63, 3.8) is 0 Å². The van der Waals surface area contributed by atoms with Crippen molar-refractivity contribution >= 4 is 17.8 Å². The average Bonchev–Trinajstić information content (AvgIpc) is 2.65. The van der Waals surface area contributed by atoms with Crippen molar-refractivity contribution in [2.24, 2.45) is 0 Å². The number of carbonyl (C=O) groups excluding carboxylic acids is 2. The molecule has 1 amide bonds. The summed E-state index contributed by atoms with van der Waals surface area (Å²) in [5, 5.41) is 0. The largest absolute Gasteiger partial charge is 0.490 e. The molecule has 4 heteroatoms. The molecule has 0 aliphatic heterocycles. The van der Waals surface area contributed by atoms with E-state index in [2.05, 4.69) is 26.0 Å². The lowest BCUT2D eigenvalue weighted by molar-refractivity contribution is 0.0827. The van der Waals surface area contributed by atoms with Crippen LogP contribution >= 0.6 is 0 Å². The van der Waals surface area contributed by atoms with Crippen LogP contribution in [0, 0.1) is 0 Å². The van der Waals surface area contributed by atoms with Crippen molar-refractivity contribution in [2.45, 2.75) is 39.7 Å². The van der Waals surface area contributed by atoms with Gasteiger partial charge in [-0.1, -0.05) is 32.0 Å². The number of ether oxygens (including phenoxy) is 1. The number of nitrogens with zero attached hydrogens (tertiary/aromatic N) is 1. The zero-order valence-corrected chi connectivity index (χ0v) is 17.5. The van der Waals surface area contributed by atoms with Gasteiger partial charge in [0.05, 0.1) is 6.10 Å². The molecule has 2 rings (SSSR count). The molecule has 0 radical (unpaired) electrons. The van der Waals surface area contributed by atoms with Crippen molar-refractivity contribution in [1.29, 1.82) is 0 Å². The number of allylic oxidation sites excluding steroid dienone is 1. The molecule has 0 spiro atoms. The second-order valence-corrected chi connectivity index (χ2v) is 7.59. The topological polar surface area (TPSA) is 46.6 Å². The van der Waals surface area contributed by atoms with Gasteiger partial charge in [-0.3, -0.25) is 9.59 Å². The molecule has 2 aromatic carbocycles. The molecule has 0 bridgehead atoms. The standard InChI is InChI=1S/C24H29NO3/c1-16(2)20-12-14-23(28-17(3)4)21(15-20)11-13-22(26)18-7-9-19(10-8-18)24(27)25(5)6/h7-17H,1-6H3. The van der Waals surface area contributed by atoms with Gasteiger partial charge in [-0.25, -0.2) is 0 Å². The molecule has 0 heterocycles. The van der Waals surface area contributed by atoms with E-state index >= 15 is 0 Å². The minimum Gasteiger partial charge on any atom is -0.490 e. The van der Waals surface area contributed by atoms with Crippen LogP contribution in [0.25, 0.3) is 6.08 Å². The van der Waals surface area contributed by atoms with Gasteiger partial charge in [-0.2, -0.15) is 0 Å². The summed E-state index contributed by atoms with van der Waals surface area (Å²) < 4.78 is 5.88. The van der Waals surface area contributed by atoms with Crippen LogP contribution < -0.4 is 4.74 Å². The van der Waals surface area contributed by atoms with Crippen LogP contribution in [0.15, 0.2) is 48.5 Å². The van der Waals surface area contributed by atoms with Crippen LogP contribution in [0.4, 0.5) is 0 Å². The van der Waals surface area contributed by atoms with Crippen LogP contribution in [-0.2, 0) is 0 Å². The van der Waals surface area contributed by atoms with Crippen molar-refractivity contribution in [2.75, 3.05) is 14.1 Å². The average molecular weight is 380 g/mol. The fourth-order valence-electron chi connectivity index (χ4n) is 2.71. The molecule has 28 heavy (non-hydrogen) atoms. The second-order valence-electron chi connectivity index (χ2n) is 7.59. The fourth-order valence-corrected chi connectivity index (χ4v) is 2.71. The number of hydrogen-bond donors (Lipinski definition) is 0. The van der Waals surface area contributed by atoms with Gasteiger partial charge < -0.3 is 9.64 Å². The summed E-state index contributed by atoms with van der Waals surface area (Å²) in [6.07, 6.45) is 3.40. The quantitative estimate of drug-likeness (QED) is 0.491. The predicted octanol–water partition coefficient (Wildman–Crippen LogP) is 5.20. The highest BCUT2D eigenvalue weighted by Crippen LogP contribution is 2.26. The van der Waals surface area contributed by atoms with Crippen LogP contribution in [0.1, 0.15) is 65.5 Å². The molecule has 2 aromatic rings. The van der Waals surface area contributed by atoms with Crippen LogP contribution in [0.5, 0.6) is 5.75 Å². The van der Waals surface area contributed by atoms with E-state index in [1.165, 1.54) is 10.5 Å². The van der Waals surface area contributed by atoms with Crippen molar-refractivity contribution in [1.82, 2.24) is 4.90 Å². The second kappa shape index (κ2) is 9.36. The number of amides is 1. The molecular weight excluding hydrogens is 350 g/mol. The number of rotatable bonds is 7. The Balaban J connectivity index is 2.25. The van der Waals surface area contributed by atoms with E-state index in [4.69, 9.17) is 4.74 Å². The molecule has 0 aliphatic rings. The Labute approximate surface area is 167 Å². The zero-order chi connectivity index (χ0) is 20.8. The summed E-state index contributed by atoms with van der Waals surface area (Å²) in [7, 11) is 3.40. The highest BCUT2D eigenvalue weighted by atomic mass is 16.5. The molecule has 0 atom stereocenters. The van der Waals surface area contributed by atoms with Crippen LogP contribution in [0.3, 0.4) is 0 Å². The summed E-state index contributed by atoms with van der Waals surface area (Å²) in [6.45, 7) is 8.22. The summed E-state index contributed by atoms with van der Waals surface area (Å²) in [4.78, 5) is 26.0. The molecule has 4 nitrogen and oxygen atoms in total. The Bertz CT molecular complexity index is 862. The first-order chi connectivity index (χ1) is 13.2. The van der Waals surface area contributed by atoms with E-state index in [1.807, 2.05) is 19.9 Å². The van der Waals surface area contributed by atoms with Crippen molar-refractivity contribution in [3.8, 4) is 5.75 Å². The summed E-state index contributed by atoms with van der Waals surface area (Å²) in [6, 6.07) is 12.8. The molecule has 0 aliphatic carbocycles. The molecule has 0 aromatic heterocycles. The van der Waals surface area contributed by atoms with Gasteiger partial charge in [0.1, 0.15) is 5.75 Å². The van der Waals surface area contributed by atoms with E-state index in [1.54, 1.807) is 50.5 Å². The van der Waals surface area contributed by atoms with Gasteiger partial charge in [-0.05, 0) is 61.7 Å². The lowest BCUT2D eigenvalue weighted by atomic mass is 9.99. The molecule has 0 unspecified atom stereocenters. The van der Waals surface area contributed by atoms with E-state index in [9.17, 15) is 9.59 Å². The molecule has 0 N–H and O–H groups in total. The highest BCUT2D eigenvalue weighted by Gasteiger charge is 2.10. The maximum Gasteiger partial charge on any atom is 0.253 e. The number of benzene rings is 2. The predicted molar refractivity (Wildman–Crippen MR) is 114 cm³/mol. The van der Waals surface area contributed by atoms with E-state index < -0.39 is 0 Å². The van der Waals surface area contributed by atoms with Crippen LogP contribution in [0.2, 0.25) is 0 Å². The Hall–Kier alpha value is -2.88. The molecule has 148 valence electrons. The minimum atomic E-state index is -0.116. The molecular formula is C24H29NO3. The van der Waals surface area contributed by atoms with E-state index in [-0.39, 0.29) is 17.8 Å². The minimum absolute atomic E-state index is 0.0505.